The molecule has 0 N–H and O–H groups in total. The Kier molecular flexibility index (Phi) is 6.65. The molecule has 1 amide bonds. The van der Waals surface area contributed by atoms with Gasteiger partial charge in [0.05, 0.1) is 19.2 Å². The fourth-order valence-corrected chi connectivity index (χ4v) is 7.39. The molecule has 0 radical (unpaired) electrons. The van der Waals surface area contributed by atoms with E-state index >= 15 is 0 Å². The van der Waals surface area contributed by atoms with Gasteiger partial charge in [-0.15, -0.1) is 10.2 Å². The van der Waals surface area contributed by atoms with E-state index in [1.807, 2.05) is 39.6 Å². The molecule has 3 fully saturated rings. The number of fused-ring (bicyclic) bond motifs is 1. The quantitative estimate of drug-likeness (QED) is 0.354. The average molecular weight is 571 g/mol. The summed E-state index contributed by atoms with van der Waals surface area (Å²) in [5.74, 6) is -1.37. The van der Waals surface area contributed by atoms with E-state index in [2.05, 4.69) is 34.5 Å². The SMILES string of the molecule is Cn1cnnc1C[C@]1(c2cccc(N3Cc4c(cc(CN5CCCCC(F)(F)C5)cc4C4CC4)C3=O)c2)C[C@H](C#N)C1. The van der Waals surface area contributed by atoms with E-state index in [0.29, 0.717) is 44.0 Å². The zero-order chi connectivity index (χ0) is 29.1. The number of anilines is 1. The number of halogens is 2. The van der Waals surface area contributed by atoms with Gasteiger partial charge >= 0.3 is 0 Å². The summed E-state index contributed by atoms with van der Waals surface area (Å²) in [5.41, 5.74) is 5.70. The van der Waals surface area contributed by atoms with E-state index in [1.165, 1.54) is 5.56 Å². The van der Waals surface area contributed by atoms with Crippen LogP contribution in [0.1, 0.15) is 89.3 Å². The van der Waals surface area contributed by atoms with Crippen molar-refractivity contribution in [3.63, 3.8) is 0 Å². The number of aryl methyl sites for hydroxylation is 1. The van der Waals surface area contributed by atoms with Gasteiger partial charge in [0, 0.05) is 49.0 Å². The lowest BCUT2D eigenvalue weighted by Gasteiger charge is -2.45. The van der Waals surface area contributed by atoms with Crippen molar-refractivity contribution in [3.05, 3.63) is 76.4 Å². The Hall–Kier alpha value is -3.64. The fraction of sp³-hybridized carbons (Fsp3) is 0.515. The zero-order valence-corrected chi connectivity index (χ0v) is 24.0. The van der Waals surface area contributed by atoms with Crippen LogP contribution in [0, 0.1) is 17.2 Å². The van der Waals surface area contributed by atoms with Crippen LogP contribution in [-0.4, -0.2) is 44.6 Å². The van der Waals surface area contributed by atoms with E-state index < -0.39 is 5.92 Å². The molecule has 2 aromatic carbocycles. The molecule has 3 heterocycles. The third-order valence-electron chi connectivity index (χ3n) is 9.81. The summed E-state index contributed by atoms with van der Waals surface area (Å²) in [6.45, 7) is 1.39. The van der Waals surface area contributed by atoms with Crippen LogP contribution in [0.2, 0.25) is 0 Å². The summed E-state index contributed by atoms with van der Waals surface area (Å²) >= 11 is 0. The van der Waals surface area contributed by atoms with Crippen molar-refractivity contribution in [1.29, 1.82) is 5.26 Å². The number of benzene rings is 2. The van der Waals surface area contributed by atoms with Crippen LogP contribution >= 0.6 is 0 Å². The molecule has 4 aliphatic rings. The third kappa shape index (κ3) is 5.00. The molecule has 218 valence electrons. The maximum Gasteiger partial charge on any atom is 0.260 e. The lowest BCUT2D eigenvalue weighted by molar-refractivity contribution is -0.0311. The molecule has 7 rings (SSSR count). The minimum atomic E-state index is -2.66. The Labute approximate surface area is 245 Å². The summed E-state index contributed by atoms with van der Waals surface area (Å²) in [6.07, 6.45) is 7.35. The summed E-state index contributed by atoms with van der Waals surface area (Å²) in [5, 5.41) is 17.9. The number of nitrogens with zero attached hydrogens (tertiary/aromatic N) is 6. The summed E-state index contributed by atoms with van der Waals surface area (Å²) < 4.78 is 30.6. The first-order valence-corrected chi connectivity index (χ1v) is 15.1. The van der Waals surface area contributed by atoms with Crippen molar-refractivity contribution in [3.8, 4) is 6.07 Å². The number of carbonyl (C=O) groups excluding carboxylic acids is 1. The minimum absolute atomic E-state index is 0.00299. The molecule has 3 aromatic rings. The van der Waals surface area contributed by atoms with Gasteiger partial charge in [0.15, 0.2) is 0 Å². The lowest BCUT2D eigenvalue weighted by Crippen LogP contribution is -2.43. The van der Waals surface area contributed by atoms with E-state index in [1.54, 1.807) is 6.33 Å². The lowest BCUT2D eigenvalue weighted by atomic mass is 9.57. The Morgan fingerprint density at radius 3 is 2.71 bits per heavy atom. The highest BCUT2D eigenvalue weighted by Crippen LogP contribution is 2.51. The molecule has 0 spiro atoms. The van der Waals surface area contributed by atoms with Gasteiger partial charge in [-0.25, -0.2) is 8.78 Å². The number of nitriles is 1. The van der Waals surface area contributed by atoms with Gasteiger partial charge in [0.1, 0.15) is 12.2 Å². The van der Waals surface area contributed by atoms with Gasteiger partial charge in [-0.1, -0.05) is 18.2 Å². The van der Waals surface area contributed by atoms with E-state index in [9.17, 15) is 18.8 Å². The van der Waals surface area contributed by atoms with Crippen LogP contribution in [-0.2, 0) is 32.0 Å². The topological polar surface area (TPSA) is 78.1 Å². The van der Waals surface area contributed by atoms with Crippen LogP contribution in [0.25, 0.3) is 0 Å². The molecule has 42 heavy (non-hydrogen) atoms. The van der Waals surface area contributed by atoms with E-state index in [0.717, 1.165) is 60.3 Å². The smallest absolute Gasteiger partial charge is 0.260 e. The normalized spacial score (nSPS) is 25.5. The molecular weight excluding hydrogens is 534 g/mol. The van der Waals surface area contributed by atoms with Crippen molar-refractivity contribution in [1.82, 2.24) is 19.7 Å². The van der Waals surface area contributed by atoms with Crippen molar-refractivity contribution in [2.75, 3.05) is 18.0 Å². The van der Waals surface area contributed by atoms with Crippen LogP contribution < -0.4 is 4.90 Å². The first-order chi connectivity index (χ1) is 20.2. The Bertz CT molecular complexity index is 1560. The van der Waals surface area contributed by atoms with E-state index in [-0.39, 0.29) is 30.2 Å². The van der Waals surface area contributed by atoms with Crippen LogP contribution in [0.3, 0.4) is 0 Å². The number of carbonyl (C=O) groups is 1. The number of hydrogen-bond donors (Lipinski definition) is 0. The molecule has 0 atom stereocenters. The highest BCUT2D eigenvalue weighted by Gasteiger charge is 2.47. The van der Waals surface area contributed by atoms with Gasteiger partial charge in [0.25, 0.3) is 11.8 Å². The first kappa shape index (κ1) is 27.2. The van der Waals surface area contributed by atoms with Gasteiger partial charge < -0.3 is 9.47 Å². The largest absolute Gasteiger partial charge is 0.321 e. The highest BCUT2D eigenvalue weighted by molar-refractivity contribution is 6.10. The minimum Gasteiger partial charge on any atom is -0.321 e. The molecule has 1 aromatic heterocycles. The monoisotopic (exact) mass is 570 g/mol. The predicted octanol–water partition coefficient (Wildman–Crippen LogP) is 5.89. The Morgan fingerprint density at radius 1 is 1.14 bits per heavy atom. The number of alkyl halides is 2. The Balaban J connectivity index is 1.18. The molecule has 9 heteroatoms. The van der Waals surface area contributed by atoms with Gasteiger partial charge in [0.2, 0.25) is 0 Å². The standard InChI is InChI=1S/C33H36F2N6O/c1-39-21-37-38-30(39)16-32(14-23(15-32)17-36)25-5-4-6-26(13-25)41-19-29-27(24-7-8-24)11-22(12-28(29)31(41)42)18-40-10-3-2-9-33(34,35)20-40/h4-6,11-13,21,23-24H,2-3,7-10,14-16,18-20H2,1H3/t23-,32-. The molecular formula is C33H36F2N6O. The van der Waals surface area contributed by atoms with Crippen LogP contribution in [0.15, 0.2) is 42.7 Å². The molecule has 2 saturated carbocycles. The molecule has 2 aliphatic heterocycles. The molecule has 0 unspecified atom stereocenters. The molecule has 1 saturated heterocycles. The van der Waals surface area contributed by atoms with Crippen molar-refractivity contribution >= 4 is 11.6 Å². The molecule has 2 aliphatic carbocycles. The van der Waals surface area contributed by atoms with Crippen LogP contribution in [0.5, 0.6) is 0 Å². The average Bonchev–Trinajstić information content (AvgIpc) is 3.67. The molecule has 7 nitrogen and oxygen atoms in total. The second-order valence-electron chi connectivity index (χ2n) is 13.0. The van der Waals surface area contributed by atoms with Gasteiger partial charge in [-0.3, -0.25) is 9.69 Å². The maximum atomic E-state index is 14.3. The summed E-state index contributed by atoms with van der Waals surface area (Å²) in [4.78, 5) is 17.7. The van der Waals surface area contributed by atoms with Crippen molar-refractivity contribution in [2.45, 2.75) is 81.7 Å². The fourth-order valence-electron chi connectivity index (χ4n) is 7.39. The maximum absolute atomic E-state index is 14.3. The summed E-state index contributed by atoms with van der Waals surface area (Å²) in [7, 11) is 1.93. The van der Waals surface area contributed by atoms with Crippen LogP contribution in [0.4, 0.5) is 14.5 Å². The number of likely N-dealkylation sites (tertiary alicyclic amines) is 1. The van der Waals surface area contributed by atoms with E-state index in [4.69, 9.17) is 0 Å². The van der Waals surface area contributed by atoms with Crippen molar-refractivity contribution in [2.24, 2.45) is 13.0 Å². The number of amides is 1. The van der Waals surface area contributed by atoms with Gasteiger partial charge in [-0.2, -0.15) is 5.26 Å². The number of hydrogen-bond acceptors (Lipinski definition) is 5. The number of rotatable bonds is 7. The Morgan fingerprint density at radius 2 is 1.98 bits per heavy atom. The second kappa shape index (κ2) is 10.3. The molecule has 0 bridgehead atoms. The number of aromatic nitrogens is 3. The highest BCUT2D eigenvalue weighted by atomic mass is 19.3. The predicted molar refractivity (Wildman–Crippen MR) is 154 cm³/mol. The van der Waals surface area contributed by atoms with Gasteiger partial charge in [-0.05, 0) is 91.4 Å². The second-order valence-corrected chi connectivity index (χ2v) is 13.0. The summed E-state index contributed by atoms with van der Waals surface area (Å²) in [6, 6.07) is 14.8. The third-order valence-corrected chi connectivity index (χ3v) is 9.81. The zero-order valence-electron chi connectivity index (χ0n) is 24.0. The van der Waals surface area contributed by atoms with Crippen molar-refractivity contribution < 1.29 is 13.6 Å². The first-order valence-electron chi connectivity index (χ1n) is 15.1.